The van der Waals surface area contributed by atoms with Crippen LogP contribution in [-0.2, 0) is 9.53 Å². The quantitative estimate of drug-likeness (QED) is 0.448. The first-order valence-corrected chi connectivity index (χ1v) is 5.27. The van der Waals surface area contributed by atoms with Gasteiger partial charge >= 0.3 is 5.97 Å². The highest BCUT2D eigenvalue weighted by molar-refractivity contribution is 6.08. The van der Waals surface area contributed by atoms with Gasteiger partial charge in [-0.2, -0.15) is 5.26 Å². The van der Waals surface area contributed by atoms with Crippen LogP contribution in [0.4, 0.5) is 0 Å². The summed E-state index contributed by atoms with van der Waals surface area (Å²) in [5.41, 5.74) is 0.349. The van der Waals surface area contributed by atoms with Crippen molar-refractivity contribution in [2.24, 2.45) is 5.92 Å². The number of methoxy groups -OCH3 is 2. The Hall–Kier alpha value is -2.35. The second kappa shape index (κ2) is 6.40. The molecule has 0 aromatic heterocycles. The summed E-state index contributed by atoms with van der Waals surface area (Å²) in [4.78, 5) is 23.5. The van der Waals surface area contributed by atoms with E-state index in [4.69, 9.17) is 10.00 Å². The standard InChI is InChI=1S/C13H13NO4/c1-17-10-5-3-9(4-6-10)12(15)11(7-8-14)13(16)18-2/h3-6,11H,7H2,1-2H3. The molecule has 1 aromatic rings. The topological polar surface area (TPSA) is 76.4 Å². The molecule has 5 heteroatoms. The Labute approximate surface area is 105 Å². The molecule has 0 spiro atoms. The Balaban J connectivity index is 2.95. The number of carbonyl (C=O) groups excluding carboxylic acids is 2. The zero-order chi connectivity index (χ0) is 13.5. The maximum atomic E-state index is 12.0. The molecule has 1 atom stereocenters. The maximum Gasteiger partial charge on any atom is 0.317 e. The van der Waals surface area contributed by atoms with Gasteiger partial charge in [-0.3, -0.25) is 9.59 Å². The smallest absolute Gasteiger partial charge is 0.317 e. The van der Waals surface area contributed by atoms with Crippen LogP contribution in [-0.4, -0.2) is 26.0 Å². The summed E-state index contributed by atoms with van der Waals surface area (Å²) in [6.07, 6.45) is -0.197. The summed E-state index contributed by atoms with van der Waals surface area (Å²) < 4.78 is 9.49. The fourth-order valence-electron chi connectivity index (χ4n) is 1.47. The second-order valence-corrected chi connectivity index (χ2v) is 3.53. The Morgan fingerprint density at radius 3 is 2.33 bits per heavy atom. The van der Waals surface area contributed by atoms with Crippen LogP contribution in [0.5, 0.6) is 5.75 Å². The van der Waals surface area contributed by atoms with Crippen molar-refractivity contribution >= 4 is 11.8 Å². The molecule has 0 saturated heterocycles. The van der Waals surface area contributed by atoms with E-state index in [9.17, 15) is 9.59 Å². The van der Waals surface area contributed by atoms with E-state index in [1.165, 1.54) is 14.2 Å². The van der Waals surface area contributed by atoms with E-state index in [1.54, 1.807) is 24.3 Å². The van der Waals surface area contributed by atoms with Crippen molar-refractivity contribution in [3.05, 3.63) is 29.8 Å². The van der Waals surface area contributed by atoms with E-state index < -0.39 is 17.7 Å². The number of ether oxygens (including phenoxy) is 2. The van der Waals surface area contributed by atoms with E-state index in [2.05, 4.69) is 4.74 Å². The van der Waals surface area contributed by atoms with Gasteiger partial charge in [0.15, 0.2) is 5.78 Å². The minimum absolute atomic E-state index is 0.197. The van der Waals surface area contributed by atoms with Crippen LogP contribution in [0.15, 0.2) is 24.3 Å². The molecule has 0 radical (unpaired) electrons. The Morgan fingerprint density at radius 2 is 1.89 bits per heavy atom. The largest absolute Gasteiger partial charge is 0.497 e. The third-order valence-electron chi connectivity index (χ3n) is 2.47. The zero-order valence-electron chi connectivity index (χ0n) is 10.2. The van der Waals surface area contributed by atoms with Crippen molar-refractivity contribution in [1.29, 1.82) is 5.26 Å². The number of nitriles is 1. The highest BCUT2D eigenvalue weighted by Crippen LogP contribution is 2.17. The van der Waals surface area contributed by atoms with Gasteiger partial charge in [-0.25, -0.2) is 0 Å². The summed E-state index contributed by atoms with van der Waals surface area (Å²) in [5.74, 6) is -1.58. The van der Waals surface area contributed by atoms with Crippen LogP contribution >= 0.6 is 0 Å². The number of benzene rings is 1. The van der Waals surface area contributed by atoms with Crippen molar-refractivity contribution in [3.8, 4) is 11.8 Å². The maximum absolute atomic E-state index is 12.0. The lowest BCUT2D eigenvalue weighted by atomic mass is 9.95. The van der Waals surface area contributed by atoms with Gasteiger partial charge in [-0.15, -0.1) is 0 Å². The van der Waals surface area contributed by atoms with E-state index in [1.807, 2.05) is 6.07 Å². The molecule has 1 unspecified atom stereocenters. The van der Waals surface area contributed by atoms with Crippen molar-refractivity contribution in [2.75, 3.05) is 14.2 Å². The minimum Gasteiger partial charge on any atom is -0.497 e. The number of nitrogens with zero attached hydrogens (tertiary/aromatic N) is 1. The van der Waals surface area contributed by atoms with Gasteiger partial charge in [-0.1, -0.05) is 0 Å². The Morgan fingerprint density at radius 1 is 1.28 bits per heavy atom. The first-order valence-electron chi connectivity index (χ1n) is 5.27. The number of esters is 1. The SMILES string of the molecule is COC(=O)C(CC#N)C(=O)c1ccc(OC)cc1. The predicted octanol–water partition coefficient (Wildman–Crippen LogP) is 1.58. The molecule has 94 valence electrons. The first-order chi connectivity index (χ1) is 8.63. The van der Waals surface area contributed by atoms with Crippen molar-refractivity contribution in [3.63, 3.8) is 0 Å². The van der Waals surface area contributed by atoms with Crippen molar-refractivity contribution in [2.45, 2.75) is 6.42 Å². The van der Waals surface area contributed by atoms with Crippen molar-refractivity contribution in [1.82, 2.24) is 0 Å². The molecule has 0 N–H and O–H groups in total. The molecule has 5 nitrogen and oxygen atoms in total. The molecule has 0 aliphatic rings. The van der Waals surface area contributed by atoms with E-state index in [0.717, 1.165) is 0 Å². The number of rotatable bonds is 5. The lowest BCUT2D eigenvalue weighted by Gasteiger charge is -2.10. The van der Waals surface area contributed by atoms with Gasteiger partial charge < -0.3 is 9.47 Å². The van der Waals surface area contributed by atoms with Crippen LogP contribution in [0.2, 0.25) is 0 Å². The fraction of sp³-hybridized carbons (Fsp3) is 0.308. The lowest BCUT2D eigenvalue weighted by molar-refractivity contribution is -0.143. The minimum atomic E-state index is -1.08. The van der Waals surface area contributed by atoms with Crippen molar-refractivity contribution < 1.29 is 19.1 Å². The number of Topliss-reactive ketones (excluding diaryl/α,β-unsaturated/α-hetero) is 1. The summed E-state index contributed by atoms with van der Waals surface area (Å²) in [6.45, 7) is 0. The Kier molecular flexibility index (Phi) is 4.88. The normalized spacial score (nSPS) is 11.2. The highest BCUT2D eigenvalue weighted by Gasteiger charge is 2.28. The molecular formula is C13H13NO4. The van der Waals surface area contributed by atoms with Gasteiger partial charge in [-0.05, 0) is 24.3 Å². The van der Waals surface area contributed by atoms with Gasteiger partial charge in [0.05, 0.1) is 26.7 Å². The van der Waals surface area contributed by atoms with E-state index in [-0.39, 0.29) is 6.42 Å². The monoisotopic (exact) mass is 247 g/mol. The third kappa shape index (κ3) is 3.08. The van der Waals surface area contributed by atoms with E-state index in [0.29, 0.717) is 11.3 Å². The molecule has 0 aliphatic heterocycles. The van der Waals surface area contributed by atoms with Gasteiger partial charge in [0.25, 0.3) is 0 Å². The number of hydrogen-bond donors (Lipinski definition) is 0. The van der Waals surface area contributed by atoms with Crippen LogP contribution in [0.25, 0.3) is 0 Å². The molecule has 1 rings (SSSR count). The number of carbonyl (C=O) groups is 2. The summed E-state index contributed by atoms with van der Waals surface area (Å²) in [7, 11) is 2.71. The summed E-state index contributed by atoms with van der Waals surface area (Å²) >= 11 is 0. The fourth-order valence-corrected chi connectivity index (χ4v) is 1.47. The number of ketones is 1. The summed E-state index contributed by atoms with van der Waals surface area (Å²) in [6, 6.07) is 8.15. The van der Waals surface area contributed by atoms with Gasteiger partial charge in [0.1, 0.15) is 11.7 Å². The number of hydrogen-bond acceptors (Lipinski definition) is 5. The Bertz CT molecular complexity index is 473. The first kappa shape index (κ1) is 13.7. The zero-order valence-corrected chi connectivity index (χ0v) is 10.2. The molecule has 0 amide bonds. The van der Waals surface area contributed by atoms with Crippen LogP contribution in [0, 0.1) is 17.2 Å². The molecule has 0 bridgehead atoms. The average Bonchev–Trinajstić information content (AvgIpc) is 2.43. The molecule has 0 heterocycles. The lowest BCUT2D eigenvalue weighted by Crippen LogP contribution is -2.25. The molecule has 0 fully saturated rings. The molecule has 0 saturated carbocycles. The predicted molar refractivity (Wildman–Crippen MR) is 63.1 cm³/mol. The van der Waals surface area contributed by atoms with Gasteiger partial charge in [0, 0.05) is 5.56 Å². The second-order valence-electron chi connectivity index (χ2n) is 3.53. The molecule has 0 aliphatic carbocycles. The average molecular weight is 247 g/mol. The van der Waals surface area contributed by atoms with E-state index >= 15 is 0 Å². The van der Waals surface area contributed by atoms with Gasteiger partial charge in [0.2, 0.25) is 0 Å². The summed E-state index contributed by atoms with van der Waals surface area (Å²) in [5, 5.41) is 8.63. The van der Waals surface area contributed by atoms with Crippen LogP contribution in [0.1, 0.15) is 16.8 Å². The highest BCUT2D eigenvalue weighted by atomic mass is 16.5. The van der Waals surface area contributed by atoms with Crippen LogP contribution in [0.3, 0.4) is 0 Å². The van der Waals surface area contributed by atoms with Crippen LogP contribution < -0.4 is 4.74 Å². The third-order valence-corrected chi connectivity index (χ3v) is 2.47. The molecule has 1 aromatic carbocycles. The molecular weight excluding hydrogens is 234 g/mol. The molecule has 18 heavy (non-hydrogen) atoms.